The summed E-state index contributed by atoms with van der Waals surface area (Å²) in [7, 11) is 0. The first-order valence-electron chi connectivity index (χ1n) is 6.63. The van der Waals surface area contributed by atoms with Gasteiger partial charge in [-0.05, 0) is 62.3 Å². The molecular formula is C13H23N. The molecule has 1 nitrogen and oxygen atoms in total. The van der Waals surface area contributed by atoms with E-state index in [1.807, 2.05) is 0 Å². The van der Waals surface area contributed by atoms with Crippen LogP contribution in [0.2, 0.25) is 0 Å². The van der Waals surface area contributed by atoms with E-state index in [0.29, 0.717) is 0 Å². The molecule has 3 saturated carbocycles. The van der Waals surface area contributed by atoms with Crippen LogP contribution in [-0.2, 0) is 0 Å². The highest BCUT2D eigenvalue weighted by atomic mass is 14.9. The zero-order valence-corrected chi connectivity index (χ0v) is 9.34. The molecule has 0 aliphatic heterocycles. The van der Waals surface area contributed by atoms with E-state index < -0.39 is 0 Å². The third-order valence-corrected chi connectivity index (χ3v) is 5.09. The van der Waals surface area contributed by atoms with Gasteiger partial charge < -0.3 is 5.32 Å². The molecule has 3 rings (SSSR count). The lowest BCUT2D eigenvalue weighted by Gasteiger charge is -2.32. The maximum absolute atomic E-state index is 3.78. The largest absolute Gasteiger partial charge is 0.314 e. The molecule has 14 heavy (non-hydrogen) atoms. The Balaban J connectivity index is 1.65. The number of nitrogens with one attached hydrogen (secondary N) is 1. The van der Waals surface area contributed by atoms with Gasteiger partial charge in [-0.3, -0.25) is 0 Å². The third kappa shape index (κ3) is 1.25. The molecule has 0 saturated heterocycles. The first-order chi connectivity index (χ1) is 6.90. The van der Waals surface area contributed by atoms with Crippen LogP contribution in [0.25, 0.3) is 0 Å². The molecule has 3 fully saturated rings. The predicted octanol–water partition coefficient (Wildman–Crippen LogP) is 2.81. The first kappa shape index (κ1) is 9.21. The highest BCUT2D eigenvalue weighted by Gasteiger charge is 2.53. The van der Waals surface area contributed by atoms with E-state index in [4.69, 9.17) is 0 Å². The van der Waals surface area contributed by atoms with Gasteiger partial charge in [0.05, 0.1) is 0 Å². The van der Waals surface area contributed by atoms with Gasteiger partial charge in [-0.15, -0.1) is 0 Å². The SMILES string of the molecule is CCCN[C@@H]1C[C@H]2C[C@H]1[C@H]1CCC[C@@H]21. The summed E-state index contributed by atoms with van der Waals surface area (Å²) in [4.78, 5) is 0. The van der Waals surface area contributed by atoms with Crippen LogP contribution >= 0.6 is 0 Å². The van der Waals surface area contributed by atoms with Gasteiger partial charge in [0.2, 0.25) is 0 Å². The van der Waals surface area contributed by atoms with E-state index in [-0.39, 0.29) is 0 Å². The summed E-state index contributed by atoms with van der Waals surface area (Å²) in [6.45, 7) is 3.52. The standard InChI is InChI=1S/C13H23N/c1-2-6-14-13-8-9-7-12(13)11-5-3-4-10(9)11/h9-14H,2-8H2,1H3/t9-,10+,11+,12+,13-/m1/s1. The van der Waals surface area contributed by atoms with Crippen LogP contribution in [0.4, 0.5) is 0 Å². The summed E-state index contributed by atoms with van der Waals surface area (Å²) in [6, 6.07) is 0.902. The second-order valence-electron chi connectivity index (χ2n) is 5.71. The quantitative estimate of drug-likeness (QED) is 0.727. The van der Waals surface area contributed by atoms with Crippen molar-refractivity contribution in [2.75, 3.05) is 6.54 Å². The lowest BCUT2D eigenvalue weighted by Crippen LogP contribution is -2.39. The Morgan fingerprint density at radius 3 is 2.79 bits per heavy atom. The second-order valence-corrected chi connectivity index (χ2v) is 5.71. The molecule has 0 aromatic heterocycles. The zero-order valence-electron chi connectivity index (χ0n) is 9.34. The Morgan fingerprint density at radius 1 is 1.07 bits per heavy atom. The molecule has 0 radical (unpaired) electrons. The van der Waals surface area contributed by atoms with Crippen molar-refractivity contribution in [1.82, 2.24) is 5.32 Å². The smallest absolute Gasteiger partial charge is 0.0101 e. The minimum atomic E-state index is 0.902. The Bertz CT molecular complexity index is 213. The van der Waals surface area contributed by atoms with Gasteiger partial charge in [-0.1, -0.05) is 13.3 Å². The van der Waals surface area contributed by atoms with Crippen LogP contribution in [0.3, 0.4) is 0 Å². The fourth-order valence-corrected chi connectivity index (χ4v) is 4.63. The third-order valence-electron chi connectivity index (χ3n) is 5.09. The highest BCUT2D eigenvalue weighted by Crippen LogP contribution is 2.58. The molecule has 0 aromatic rings. The normalized spacial score (nSPS) is 49.9. The van der Waals surface area contributed by atoms with Gasteiger partial charge >= 0.3 is 0 Å². The van der Waals surface area contributed by atoms with Crippen molar-refractivity contribution < 1.29 is 0 Å². The fourth-order valence-electron chi connectivity index (χ4n) is 4.63. The maximum Gasteiger partial charge on any atom is 0.0101 e. The number of hydrogen-bond acceptors (Lipinski definition) is 1. The molecule has 0 unspecified atom stereocenters. The van der Waals surface area contributed by atoms with E-state index in [1.54, 1.807) is 19.3 Å². The van der Waals surface area contributed by atoms with Gasteiger partial charge in [0, 0.05) is 6.04 Å². The van der Waals surface area contributed by atoms with Crippen molar-refractivity contribution in [3.63, 3.8) is 0 Å². The van der Waals surface area contributed by atoms with Crippen molar-refractivity contribution in [2.45, 2.75) is 51.5 Å². The van der Waals surface area contributed by atoms with Gasteiger partial charge in [0.1, 0.15) is 0 Å². The van der Waals surface area contributed by atoms with Crippen LogP contribution in [-0.4, -0.2) is 12.6 Å². The molecule has 5 atom stereocenters. The summed E-state index contributed by atoms with van der Waals surface area (Å²) >= 11 is 0. The van der Waals surface area contributed by atoms with Gasteiger partial charge in [0.15, 0.2) is 0 Å². The van der Waals surface area contributed by atoms with Crippen molar-refractivity contribution in [2.24, 2.45) is 23.7 Å². The maximum atomic E-state index is 3.78. The predicted molar refractivity (Wildman–Crippen MR) is 59.1 cm³/mol. The lowest BCUT2D eigenvalue weighted by atomic mass is 9.79. The molecule has 2 bridgehead atoms. The summed E-state index contributed by atoms with van der Waals surface area (Å²) in [5, 5.41) is 3.78. The van der Waals surface area contributed by atoms with Crippen molar-refractivity contribution in [1.29, 1.82) is 0 Å². The molecule has 3 aliphatic carbocycles. The average Bonchev–Trinajstić information content (AvgIpc) is 2.85. The minimum absolute atomic E-state index is 0.902. The molecule has 3 aliphatic rings. The van der Waals surface area contributed by atoms with E-state index in [0.717, 1.165) is 29.7 Å². The molecule has 0 aromatic carbocycles. The molecule has 0 spiro atoms. The summed E-state index contributed by atoms with van der Waals surface area (Å²) in [6.07, 6.45) is 9.01. The lowest BCUT2D eigenvalue weighted by molar-refractivity contribution is 0.209. The molecular weight excluding hydrogens is 170 g/mol. The van der Waals surface area contributed by atoms with Gasteiger partial charge in [0.25, 0.3) is 0 Å². The van der Waals surface area contributed by atoms with E-state index in [9.17, 15) is 0 Å². The van der Waals surface area contributed by atoms with Crippen molar-refractivity contribution in [3.05, 3.63) is 0 Å². The molecule has 80 valence electrons. The van der Waals surface area contributed by atoms with E-state index in [2.05, 4.69) is 12.2 Å². The van der Waals surface area contributed by atoms with Crippen LogP contribution in [0, 0.1) is 23.7 Å². The van der Waals surface area contributed by atoms with Crippen LogP contribution in [0.15, 0.2) is 0 Å². The van der Waals surface area contributed by atoms with Crippen molar-refractivity contribution >= 4 is 0 Å². The average molecular weight is 193 g/mol. The molecule has 1 heteroatoms. The van der Waals surface area contributed by atoms with Crippen LogP contribution in [0.5, 0.6) is 0 Å². The van der Waals surface area contributed by atoms with E-state index >= 15 is 0 Å². The second kappa shape index (κ2) is 3.52. The summed E-state index contributed by atoms with van der Waals surface area (Å²) < 4.78 is 0. The van der Waals surface area contributed by atoms with Gasteiger partial charge in [-0.25, -0.2) is 0 Å². The summed E-state index contributed by atoms with van der Waals surface area (Å²) in [5.41, 5.74) is 0. The zero-order chi connectivity index (χ0) is 9.54. The van der Waals surface area contributed by atoms with Crippen LogP contribution < -0.4 is 5.32 Å². The molecule has 1 N–H and O–H groups in total. The highest BCUT2D eigenvalue weighted by molar-refractivity contribution is 5.05. The van der Waals surface area contributed by atoms with Crippen molar-refractivity contribution in [3.8, 4) is 0 Å². The number of hydrogen-bond donors (Lipinski definition) is 1. The first-order valence-corrected chi connectivity index (χ1v) is 6.63. The molecule has 0 heterocycles. The van der Waals surface area contributed by atoms with E-state index in [1.165, 1.54) is 25.8 Å². The summed E-state index contributed by atoms with van der Waals surface area (Å²) in [5.74, 6) is 4.46. The Hall–Kier alpha value is -0.0400. The number of rotatable bonds is 3. The number of fused-ring (bicyclic) bond motifs is 5. The minimum Gasteiger partial charge on any atom is -0.314 e. The van der Waals surface area contributed by atoms with Gasteiger partial charge in [-0.2, -0.15) is 0 Å². The van der Waals surface area contributed by atoms with Crippen LogP contribution in [0.1, 0.15) is 45.4 Å². The Morgan fingerprint density at radius 2 is 1.93 bits per heavy atom. The molecule has 0 amide bonds. The Labute approximate surface area is 87.7 Å². The monoisotopic (exact) mass is 193 g/mol. The fraction of sp³-hybridized carbons (Fsp3) is 1.00. The topological polar surface area (TPSA) is 12.0 Å². The Kier molecular flexibility index (Phi) is 2.31.